The van der Waals surface area contributed by atoms with E-state index in [2.05, 4.69) is 9.72 Å². The van der Waals surface area contributed by atoms with Gasteiger partial charge < -0.3 is 14.8 Å². The number of hydrogen-bond donors (Lipinski definition) is 2. The van der Waals surface area contributed by atoms with E-state index in [1.165, 1.54) is 0 Å². The molecule has 2 rings (SSSR count). The summed E-state index contributed by atoms with van der Waals surface area (Å²) in [4.78, 5) is 25.0. The van der Waals surface area contributed by atoms with E-state index >= 15 is 0 Å². The van der Waals surface area contributed by atoms with Crippen LogP contribution in [0.3, 0.4) is 0 Å². The van der Waals surface area contributed by atoms with E-state index in [-0.39, 0.29) is 0 Å². The number of hydrogen-bond acceptors (Lipinski definition) is 3. The van der Waals surface area contributed by atoms with E-state index in [1.54, 1.807) is 0 Å². The van der Waals surface area contributed by atoms with Crippen LogP contribution in [0.5, 0.6) is 5.75 Å². The van der Waals surface area contributed by atoms with Gasteiger partial charge in [0.15, 0.2) is 0 Å². The van der Waals surface area contributed by atoms with Gasteiger partial charge in [0.25, 0.3) is 0 Å². The summed E-state index contributed by atoms with van der Waals surface area (Å²) >= 11 is 0. The lowest BCUT2D eigenvalue weighted by Gasteiger charge is -2.06. The molecule has 5 nitrogen and oxygen atoms in total. The molecule has 2 aromatic rings. The molecule has 0 saturated heterocycles. The lowest BCUT2D eigenvalue weighted by atomic mass is 10.1. The molecule has 0 bridgehead atoms. The number of nitrogens with one attached hydrogen (secondary N) is 1. The molecule has 1 aromatic heterocycles. The number of H-pyrrole nitrogens is 1. The average molecular weight is 252 g/mol. The van der Waals surface area contributed by atoms with Crippen molar-refractivity contribution in [2.24, 2.45) is 0 Å². The Bertz CT molecular complexity index is 891. The van der Waals surface area contributed by atoms with Crippen LogP contribution in [-0.2, 0) is 0 Å². The van der Waals surface area contributed by atoms with E-state index < -0.39 is 65.3 Å². The molecule has 0 aliphatic heterocycles. The molecule has 0 aliphatic carbocycles. The van der Waals surface area contributed by atoms with Crippen LogP contribution in [0.1, 0.15) is 20.0 Å². The third-order valence-electron chi connectivity index (χ3n) is 2.10. The molecule has 0 amide bonds. The number of rotatable bonds is 3. The Kier molecular flexibility index (Phi) is 1.55. The van der Waals surface area contributed by atoms with Crippen LogP contribution in [0.25, 0.3) is 11.3 Å². The zero-order valence-electron chi connectivity index (χ0n) is 15.8. The van der Waals surface area contributed by atoms with E-state index in [4.69, 9.17) is 9.60 Å². The van der Waals surface area contributed by atoms with Gasteiger partial charge >= 0.3 is 5.97 Å². The van der Waals surface area contributed by atoms with Crippen molar-refractivity contribution in [2.75, 3.05) is 7.04 Å². The van der Waals surface area contributed by atoms with Crippen LogP contribution in [0.4, 0.5) is 0 Å². The van der Waals surface area contributed by atoms with Crippen molar-refractivity contribution >= 4 is 5.97 Å². The second-order valence-corrected chi connectivity index (χ2v) is 3.22. The summed E-state index contributed by atoms with van der Waals surface area (Å²) in [6.07, 6.45) is 0. The molecule has 0 unspecified atom stereocenters. The molecule has 0 saturated carbocycles. The fourth-order valence-corrected chi connectivity index (χ4v) is 1.33. The van der Waals surface area contributed by atoms with Crippen molar-refractivity contribution in [1.29, 1.82) is 0 Å². The average Bonchev–Trinajstić information content (AvgIpc) is 2.49. The van der Waals surface area contributed by atoms with E-state index in [0.717, 1.165) is 12.1 Å². The molecule has 0 fully saturated rings. The number of carboxylic acid groups (broad SMARTS) is 1. The summed E-state index contributed by atoms with van der Waals surface area (Å²) in [5.41, 5.74) is -2.05. The van der Waals surface area contributed by atoms with Gasteiger partial charge in [0, 0.05) is 6.07 Å². The Balaban J connectivity index is 2.85. The highest BCUT2D eigenvalue weighted by atomic mass is 16.5. The summed E-state index contributed by atoms with van der Waals surface area (Å²) in [6.45, 7) is 0. The van der Waals surface area contributed by atoms with Gasteiger partial charge in [0.05, 0.1) is 27.9 Å². The van der Waals surface area contributed by atoms with Gasteiger partial charge in [0.1, 0.15) is 5.75 Å². The first-order valence-electron chi connectivity index (χ1n) is 8.20. The molecule has 0 aliphatic rings. The van der Waals surface area contributed by atoms with E-state index in [0.29, 0.717) is 0 Å². The van der Waals surface area contributed by atoms with Crippen LogP contribution < -0.4 is 10.3 Å². The zero-order chi connectivity index (χ0) is 19.1. The number of carbonyl (C=O) groups is 1. The van der Waals surface area contributed by atoms with Crippen molar-refractivity contribution < 1.29 is 24.2 Å². The Hall–Kier alpha value is -2.56. The molecule has 0 atom stereocenters. The molecule has 2 N–H and O–H groups in total. The number of ether oxygens (including phenoxy) is 1. The second kappa shape index (κ2) is 4.75. The van der Waals surface area contributed by atoms with Gasteiger partial charge in [0.2, 0.25) is 5.56 Å². The monoisotopic (exact) mass is 252 g/mol. The van der Waals surface area contributed by atoms with Gasteiger partial charge in [-0.05, 0) is 35.8 Å². The standard InChI is InChI=1S/C13H11NO4/c1-18-9-4-2-8(3-5-9)12-10(13(16)17)6-7-11(15)14-12/h2-7H,1H3,(H,14,15)(H,16,17)/i1D3,2D,3D,4D,5D. The highest BCUT2D eigenvalue weighted by Gasteiger charge is 2.12. The van der Waals surface area contributed by atoms with Gasteiger partial charge in [-0.2, -0.15) is 0 Å². The second-order valence-electron chi connectivity index (χ2n) is 3.22. The first-order valence-corrected chi connectivity index (χ1v) is 4.70. The first-order chi connectivity index (χ1) is 11.4. The van der Waals surface area contributed by atoms with Crippen molar-refractivity contribution in [1.82, 2.24) is 4.98 Å². The molecule has 0 spiro atoms. The molecule has 92 valence electrons. The summed E-state index contributed by atoms with van der Waals surface area (Å²) in [5.74, 6) is -2.25. The number of methoxy groups -OCH3 is 1. The highest BCUT2D eigenvalue weighted by Crippen LogP contribution is 2.22. The predicted molar refractivity (Wildman–Crippen MR) is 66.0 cm³/mol. The third-order valence-corrected chi connectivity index (χ3v) is 2.10. The number of benzene rings is 1. The van der Waals surface area contributed by atoms with E-state index in [9.17, 15) is 14.7 Å². The van der Waals surface area contributed by atoms with Crippen LogP contribution in [-0.4, -0.2) is 23.1 Å². The lowest BCUT2D eigenvalue weighted by molar-refractivity contribution is 0.0697. The molecular formula is C13H11NO4. The van der Waals surface area contributed by atoms with Gasteiger partial charge in [-0.15, -0.1) is 0 Å². The van der Waals surface area contributed by atoms with Crippen molar-refractivity contribution in [3.63, 3.8) is 0 Å². The first kappa shape index (κ1) is 5.86. The summed E-state index contributed by atoms with van der Waals surface area (Å²) < 4.78 is 57.2. The summed E-state index contributed by atoms with van der Waals surface area (Å²) in [6, 6.07) is -1.21. The molecular weight excluding hydrogens is 234 g/mol. The van der Waals surface area contributed by atoms with Crippen molar-refractivity contribution in [3.05, 3.63) is 52.2 Å². The van der Waals surface area contributed by atoms with Crippen LogP contribution in [0.15, 0.2) is 41.1 Å². The minimum absolute atomic E-state index is 0.419. The fraction of sp³-hybridized carbons (Fsp3) is 0.0769. The number of aromatic carboxylic acids is 1. The van der Waals surface area contributed by atoms with Gasteiger partial charge in [-0.1, -0.05) is 0 Å². The topological polar surface area (TPSA) is 79.4 Å². The zero-order valence-corrected chi connectivity index (χ0v) is 8.83. The van der Waals surface area contributed by atoms with E-state index in [1.807, 2.05) is 0 Å². The molecule has 18 heavy (non-hydrogen) atoms. The summed E-state index contributed by atoms with van der Waals surface area (Å²) in [5, 5.41) is 9.21. The lowest BCUT2D eigenvalue weighted by Crippen LogP contribution is -2.10. The molecule has 1 heterocycles. The largest absolute Gasteiger partial charge is 0.497 e. The SMILES string of the molecule is [2H]c1c([2H])c(-c2[nH]c(=O)ccc2C(=O)O)c([2H])c([2H])c1OC([2H])([2H])[2H]. The number of aromatic amines is 1. The quantitative estimate of drug-likeness (QED) is 0.872. The third kappa shape index (κ3) is 2.24. The minimum Gasteiger partial charge on any atom is -0.497 e. The van der Waals surface area contributed by atoms with Crippen LogP contribution in [0, 0.1) is 0 Å². The number of pyridine rings is 1. The molecule has 0 radical (unpaired) electrons. The maximum Gasteiger partial charge on any atom is 0.337 e. The molecule has 1 aromatic carbocycles. The maximum absolute atomic E-state index is 11.5. The summed E-state index contributed by atoms with van der Waals surface area (Å²) in [7, 11) is -3.00. The Labute approximate surface area is 113 Å². The van der Waals surface area contributed by atoms with Crippen molar-refractivity contribution in [2.45, 2.75) is 0 Å². The van der Waals surface area contributed by atoms with Crippen LogP contribution >= 0.6 is 0 Å². The number of aromatic nitrogens is 1. The maximum atomic E-state index is 11.5. The smallest absolute Gasteiger partial charge is 0.337 e. The van der Waals surface area contributed by atoms with Crippen molar-refractivity contribution in [3.8, 4) is 17.0 Å². The van der Waals surface area contributed by atoms with Crippen LogP contribution in [0.2, 0.25) is 0 Å². The highest BCUT2D eigenvalue weighted by molar-refractivity contribution is 5.94. The van der Waals surface area contributed by atoms with Gasteiger partial charge in [-0.25, -0.2) is 4.79 Å². The number of carboxylic acids is 1. The fourth-order valence-electron chi connectivity index (χ4n) is 1.33. The Morgan fingerprint density at radius 3 is 2.72 bits per heavy atom. The minimum atomic E-state index is -3.00. The Morgan fingerprint density at radius 1 is 1.39 bits per heavy atom. The molecule has 5 heteroatoms. The predicted octanol–water partition coefficient (Wildman–Crippen LogP) is 1.75. The normalized spacial score (nSPS) is 16.3. The Morgan fingerprint density at radius 2 is 2.11 bits per heavy atom. The van der Waals surface area contributed by atoms with Gasteiger partial charge in [-0.3, -0.25) is 4.79 Å².